The highest BCUT2D eigenvalue weighted by Crippen LogP contribution is 2.52. The Bertz CT molecular complexity index is 1710. The van der Waals surface area contributed by atoms with Crippen LogP contribution in [-0.4, -0.2) is 120 Å². The molecule has 354 valence electrons. The van der Waals surface area contributed by atoms with E-state index in [2.05, 4.69) is 42.5 Å². The molecule has 17 heteroatoms. The molecule has 3 aliphatic rings. The minimum atomic E-state index is -1.71. The number of carbonyl (C=O) groups is 6. The quantitative estimate of drug-likeness (QED) is 0.0210. The van der Waals surface area contributed by atoms with E-state index in [9.17, 15) is 28.8 Å². The number of nitrogens with zero attached hydrogens (tertiary/aromatic N) is 5. The van der Waals surface area contributed by atoms with Crippen LogP contribution in [0.5, 0.6) is 0 Å². The van der Waals surface area contributed by atoms with Crippen molar-refractivity contribution in [3.05, 3.63) is 24.0 Å². The first-order valence-corrected chi connectivity index (χ1v) is 26.4. The van der Waals surface area contributed by atoms with Crippen molar-refractivity contribution in [1.29, 1.82) is 0 Å². The predicted octanol–water partition coefficient (Wildman–Crippen LogP) is 6.59. The molecular formula is C46H75N5O11Si. The van der Waals surface area contributed by atoms with E-state index in [1.807, 2.05) is 0 Å². The fourth-order valence-electron chi connectivity index (χ4n) is 8.60. The third kappa shape index (κ3) is 15.6. The lowest BCUT2D eigenvalue weighted by atomic mass is 9.85. The Morgan fingerprint density at radius 2 is 1.54 bits per heavy atom. The molecule has 2 bridgehead atoms. The summed E-state index contributed by atoms with van der Waals surface area (Å²) in [6, 6.07) is -0.0183. The van der Waals surface area contributed by atoms with Gasteiger partial charge in [-0.2, -0.15) is 0 Å². The Morgan fingerprint density at radius 3 is 2.19 bits per heavy atom. The fraction of sp³-hybridized carbons (Fsp3) is 0.783. The molecule has 1 saturated carbocycles. The third-order valence-corrected chi connectivity index (χ3v) is 14.5. The van der Waals surface area contributed by atoms with Crippen molar-refractivity contribution in [1.82, 2.24) is 24.8 Å². The monoisotopic (exact) mass is 902 g/mol. The van der Waals surface area contributed by atoms with E-state index in [1.54, 1.807) is 52.6 Å². The molecule has 1 aromatic rings. The second kappa shape index (κ2) is 23.8. The average molecular weight is 902 g/mol. The minimum Gasteiger partial charge on any atom is -0.466 e. The topological polar surface area (TPSA) is 186 Å². The van der Waals surface area contributed by atoms with Gasteiger partial charge in [0.2, 0.25) is 17.7 Å². The van der Waals surface area contributed by atoms with E-state index < -0.39 is 43.3 Å². The van der Waals surface area contributed by atoms with Gasteiger partial charge in [0.1, 0.15) is 17.9 Å². The molecule has 0 radical (unpaired) electrons. The number of hydrogen-bond donors (Lipinski definition) is 0. The summed E-state index contributed by atoms with van der Waals surface area (Å²) in [5.41, 5.74) is -1.45. The van der Waals surface area contributed by atoms with Crippen molar-refractivity contribution in [3.8, 4) is 0 Å². The van der Waals surface area contributed by atoms with Gasteiger partial charge in [-0.1, -0.05) is 43.6 Å². The zero-order valence-corrected chi connectivity index (χ0v) is 40.5. The molecule has 2 heterocycles. The van der Waals surface area contributed by atoms with Gasteiger partial charge in [0.05, 0.1) is 49.6 Å². The molecule has 63 heavy (non-hydrogen) atoms. The first-order chi connectivity index (χ1) is 29.8. The molecule has 0 N–H and O–H groups in total. The van der Waals surface area contributed by atoms with Crippen LogP contribution in [0.2, 0.25) is 19.1 Å². The van der Waals surface area contributed by atoms with Gasteiger partial charge in [0.25, 0.3) is 0 Å². The number of allylic oxidation sites excluding steroid dienone is 2. The fourth-order valence-corrected chi connectivity index (χ4v) is 10.4. The lowest BCUT2D eigenvalue weighted by Crippen LogP contribution is -2.36. The number of imide groups is 1. The van der Waals surface area contributed by atoms with Crippen LogP contribution >= 0.6 is 0 Å². The second-order valence-electron chi connectivity index (χ2n) is 19.5. The van der Waals surface area contributed by atoms with E-state index in [4.69, 9.17) is 23.4 Å². The Kier molecular flexibility index (Phi) is 19.5. The Hall–Kier alpha value is -3.96. The van der Waals surface area contributed by atoms with Gasteiger partial charge < -0.3 is 28.3 Å². The smallest absolute Gasteiger partial charge is 0.331 e. The highest BCUT2D eigenvalue weighted by molar-refractivity contribution is 6.71. The molecule has 16 nitrogen and oxygen atoms in total. The van der Waals surface area contributed by atoms with Gasteiger partial charge >= 0.3 is 17.9 Å². The van der Waals surface area contributed by atoms with Crippen LogP contribution < -0.4 is 0 Å². The Labute approximate surface area is 375 Å². The number of amides is 3. The molecule has 3 amide bonds. The average Bonchev–Trinajstić information content (AvgIpc) is 4.01. The number of rotatable bonds is 29. The molecule has 1 saturated heterocycles. The van der Waals surface area contributed by atoms with Crippen molar-refractivity contribution < 1.29 is 52.1 Å². The molecule has 2 aliphatic carbocycles. The third-order valence-electron chi connectivity index (χ3n) is 12.0. The molecule has 1 aliphatic heterocycles. The van der Waals surface area contributed by atoms with Crippen LogP contribution in [0.1, 0.15) is 131 Å². The zero-order chi connectivity index (χ0) is 46.4. The van der Waals surface area contributed by atoms with E-state index >= 15 is 0 Å². The first-order valence-electron chi connectivity index (χ1n) is 23.3. The number of unbranched alkanes of at least 4 members (excludes halogenated alkanes) is 4. The summed E-state index contributed by atoms with van der Waals surface area (Å²) >= 11 is 0. The maximum Gasteiger partial charge on any atom is 0.331 e. The van der Waals surface area contributed by atoms with Crippen molar-refractivity contribution in [2.75, 3.05) is 46.1 Å². The number of carbonyl (C=O) groups excluding carboxylic acids is 6. The van der Waals surface area contributed by atoms with Gasteiger partial charge in [-0.3, -0.25) is 28.9 Å². The lowest BCUT2D eigenvalue weighted by molar-refractivity contribution is -0.163. The summed E-state index contributed by atoms with van der Waals surface area (Å²) < 4.78 is 29.5. The normalized spacial score (nSPS) is 20.0. The molecule has 2 fully saturated rings. The van der Waals surface area contributed by atoms with Crippen molar-refractivity contribution >= 4 is 43.9 Å². The van der Waals surface area contributed by atoms with Crippen LogP contribution in [0.4, 0.5) is 0 Å². The summed E-state index contributed by atoms with van der Waals surface area (Å²) in [5.74, 6) is -1.96. The van der Waals surface area contributed by atoms with E-state index in [1.165, 1.54) is 9.58 Å². The number of aromatic nitrogens is 3. The van der Waals surface area contributed by atoms with Crippen LogP contribution in [0.3, 0.4) is 0 Å². The summed E-state index contributed by atoms with van der Waals surface area (Å²) in [6.45, 7) is 19.6. The van der Waals surface area contributed by atoms with Gasteiger partial charge in [0.15, 0.2) is 14.4 Å². The van der Waals surface area contributed by atoms with Crippen LogP contribution in [0.15, 0.2) is 18.3 Å². The largest absolute Gasteiger partial charge is 0.466 e. The van der Waals surface area contributed by atoms with Crippen LogP contribution in [0, 0.1) is 29.1 Å². The molecule has 1 unspecified atom stereocenters. The maximum atomic E-state index is 13.7. The standard InChI is InChI=1S/C46H75N5O11Si/c1-10-12-25-61-63(8,9)28-17-24-58-26-27-60-38(53)21-20-37(52)49(22-15-13-14-16-23-50-41(54)39-33-18-19-34(29-33)40(39)42(50)55)31-35-32-51(48-47-35)36(43(56)62-45(3,4)5)30-46(6,7)44(57)59-11-2/h18-19,32-34,36,39-40H,10-17,20-31H2,1-9H3/t33-,34+,36?,39+,40-. The highest BCUT2D eigenvalue weighted by atomic mass is 28.4. The number of hydrogen-bond acceptors (Lipinski definition) is 13. The predicted molar refractivity (Wildman–Crippen MR) is 237 cm³/mol. The summed E-state index contributed by atoms with van der Waals surface area (Å²) in [5, 5.41) is 8.57. The van der Waals surface area contributed by atoms with E-state index in [0.717, 1.165) is 51.2 Å². The zero-order valence-electron chi connectivity index (χ0n) is 39.5. The van der Waals surface area contributed by atoms with Gasteiger partial charge in [0, 0.05) is 32.7 Å². The number of fused-ring (bicyclic) bond motifs is 5. The van der Waals surface area contributed by atoms with Crippen molar-refractivity contribution in [3.63, 3.8) is 0 Å². The molecule has 4 rings (SSSR count). The Morgan fingerprint density at radius 1 is 0.857 bits per heavy atom. The summed E-state index contributed by atoms with van der Waals surface area (Å²) in [7, 11) is -1.71. The molecular weight excluding hydrogens is 827 g/mol. The van der Waals surface area contributed by atoms with E-state index in [-0.39, 0.29) is 87.0 Å². The molecule has 0 spiro atoms. The van der Waals surface area contributed by atoms with E-state index in [0.29, 0.717) is 38.2 Å². The van der Waals surface area contributed by atoms with Gasteiger partial charge in [-0.05, 0) is 111 Å². The van der Waals surface area contributed by atoms with Crippen LogP contribution in [0.25, 0.3) is 0 Å². The Balaban J connectivity index is 1.32. The first kappa shape index (κ1) is 51.7. The molecule has 0 aromatic carbocycles. The number of ether oxygens (including phenoxy) is 4. The summed E-state index contributed by atoms with van der Waals surface area (Å²) in [6.07, 6.45) is 12.3. The minimum absolute atomic E-state index is 0.0289. The van der Waals surface area contributed by atoms with Gasteiger partial charge in [-0.15, -0.1) is 5.10 Å². The highest BCUT2D eigenvalue weighted by Gasteiger charge is 2.59. The lowest BCUT2D eigenvalue weighted by Gasteiger charge is -2.29. The summed E-state index contributed by atoms with van der Waals surface area (Å²) in [4.78, 5) is 82.1. The van der Waals surface area contributed by atoms with Crippen molar-refractivity contribution in [2.24, 2.45) is 29.1 Å². The van der Waals surface area contributed by atoms with Crippen molar-refractivity contribution in [2.45, 2.75) is 156 Å². The number of esters is 3. The molecule has 1 aromatic heterocycles. The SMILES string of the molecule is CCCCO[Si](C)(C)CCCOCCOC(=O)CCC(=O)N(CCCCCCN1C(=O)[C@@H]2[C@H](C1=O)[C@H]1C=C[C@@H]2C1)Cc1cn(C(CC(C)(C)C(=O)OCC)C(=O)OC(C)(C)C)nn1. The van der Waals surface area contributed by atoms with Crippen LogP contribution in [-0.2, 0) is 58.7 Å². The maximum absolute atomic E-state index is 13.7. The number of likely N-dealkylation sites (tertiary alicyclic amines) is 1. The molecule has 5 atom stereocenters. The van der Waals surface area contributed by atoms with Gasteiger partial charge in [-0.25, -0.2) is 9.48 Å². The second-order valence-corrected chi connectivity index (χ2v) is 23.8.